The molecule has 7 nitrogen and oxygen atoms in total. The van der Waals surface area contributed by atoms with Gasteiger partial charge in [-0.2, -0.15) is 4.31 Å². The predicted molar refractivity (Wildman–Crippen MR) is 112 cm³/mol. The van der Waals surface area contributed by atoms with Gasteiger partial charge < -0.3 is 14.8 Å². The molecule has 0 unspecified atom stereocenters. The van der Waals surface area contributed by atoms with Gasteiger partial charge in [-0.05, 0) is 55.3 Å². The molecule has 2 rings (SSSR count). The van der Waals surface area contributed by atoms with E-state index in [2.05, 4.69) is 5.32 Å². The van der Waals surface area contributed by atoms with Gasteiger partial charge in [0.25, 0.3) is 0 Å². The van der Waals surface area contributed by atoms with E-state index in [1.807, 2.05) is 31.2 Å². The zero-order chi connectivity index (χ0) is 21.6. The Bertz CT molecular complexity index is 942. The molecule has 0 aliphatic rings. The molecule has 0 bridgehead atoms. The number of likely N-dealkylation sites (N-methyl/N-ethyl adjacent to an activating group) is 1. The van der Waals surface area contributed by atoms with Crippen molar-refractivity contribution in [2.45, 2.75) is 31.7 Å². The highest BCUT2D eigenvalue weighted by molar-refractivity contribution is 7.89. The first kappa shape index (κ1) is 22.7. The number of methoxy groups -OCH3 is 2. The highest BCUT2D eigenvalue weighted by Crippen LogP contribution is 2.24. The van der Waals surface area contributed by atoms with Gasteiger partial charge in [-0.25, -0.2) is 8.42 Å². The van der Waals surface area contributed by atoms with Crippen molar-refractivity contribution in [2.75, 3.05) is 27.3 Å². The second-order valence-corrected chi connectivity index (χ2v) is 8.56. The number of nitrogens with one attached hydrogen (secondary N) is 1. The Morgan fingerprint density at radius 3 is 2.28 bits per heavy atom. The lowest BCUT2D eigenvalue weighted by molar-refractivity contribution is -0.121. The van der Waals surface area contributed by atoms with E-state index >= 15 is 0 Å². The van der Waals surface area contributed by atoms with Crippen LogP contribution in [-0.4, -0.2) is 45.9 Å². The molecular formula is C21H28N2O5S. The number of carbonyl (C=O) groups excluding carboxylic acids is 1. The van der Waals surface area contributed by atoms with Crippen LogP contribution in [0.4, 0.5) is 0 Å². The monoisotopic (exact) mass is 420 g/mol. The lowest BCUT2D eigenvalue weighted by atomic mass is 10.1. The normalized spacial score (nSPS) is 12.5. The van der Waals surface area contributed by atoms with E-state index in [1.54, 1.807) is 33.1 Å². The van der Waals surface area contributed by atoms with Crippen molar-refractivity contribution in [1.29, 1.82) is 0 Å². The van der Waals surface area contributed by atoms with Crippen LogP contribution >= 0.6 is 0 Å². The lowest BCUT2D eigenvalue weighted by Gasteiger charge is -2.22. The van der Waals surface area contributed by atoms with Crippen LogP contribution in [0.2, 0.25) is 0 Å². The second-order valence-electron chi connectivity index (χ2n) is 6.63. The minimum atomic E-state index is -3.80. The lowest BCUT2D eigenvalue weighted by Crippen LogP contribution is -2.41. The third-order valence-electron chi connectivity index (χ3n) is 4.67. The molecule has 0 aromatic heterocycles. The Balaban J connectivity index is 2.10. The summed E-state index contributed by atoms with van der Waals surface area (Å²) in [5.74, 6) is 0.965. The Hall–Kier alpha value is -2.58. The molecule has 29 heavy (non-hydrogen) atoms. The molecule has 0 aliphatic carbocycles. The van der Waals surface area contributed by atoms with Crippen LogP contribution in [0.5, 0.6) is 11.5 Å². The van der Waals surface area contributed by atoms with E-state index in [1.165, 1.54) is 13.2 Å². The summed E-state index contributed by atoms with van der Waals surface area (Å²) < 4.78 is 37.4. The summed E-state index contributed by atoms with van der Waals surface area (Å²) in [6.07, 6.45) is 0. The number of ether oxygens (including phenoxy) is 2. The molecule has 0 radical (unpaired) electrons. The van der Waals surface area contributed by atoms with E-state index < -0.39 is 10.0 Å². The van der Waals surface area contributed by atoms with Gasteiger partial charge in [0.2, 0.25) is 15.9 Å². The maximum atomic E-state index is 13.0. The number of nitrogens with zero attached hydrogens (tertiary/aromatic N) is 1. The standard InChI is InChI=1S/C21H28N2O5S/c1-6-23(29(25,26)19-11-12-20(28-5)15(2)13-19)14-21(24)22-16(3)17-7-9-18(27-4)10-8-17/h7-13,16H,6,14H2,1-5H3,(H,22,24)/t16-/m0/s1. The molecule has 0 saturated carbocycles. The van der Waals surface area contributed by atoms with Crippen molar-refractivity contribution in [1.82, 2.24) is 9.62 Å². The summed E-state index contributed by atoms with van der Waals surface area (Å²) in [4.78, 5) is 12.6. The summed E-state index contributed by atoms with van der Waals surface area (Å²) in [7, 11) is -0.684. The Morgan fingerprint density at radius 1 is 1.10 bits per heavy atom. The number of benzene rings is 2. The van der Waals surface area contributed by atoms with E-state index in [0.29, 0.717) is 11.3 Å². The van der Waals surface area contributed by atoms with Crippen molar-refractivity contribution in [3.8, 4) is 11.5 Å². The minimum absolute atomic E-state index is 0.133. The molecule has 0 aliphatic heterocycles. The van der Waals surface area contributed by atoms with Crippen molar-refractivity contribution in [3.63, 3.8) is 0 Å². The van der Waals surface area contributed by atoms with Crippen LogP contribution in [-0.2, 0) is 14.8 Å². The third-order valence-corrected chi connectivity index (χ3v) is 6.59. The largest absolute Gasteiger partial charge is 0.497 e. The molecule has 2 aromatic rings. The highest BCUT2D eigenvalue weighted by Gasteiger charge is 2.26. The number of aryl methyl sites for hydroxylation is 1. The molecule has 0 spiro atoms. The molecule has 1 atom stereocenters. The summed E-state index contributed by atoms with van der Waals surface area (Å²) in [5.41, 5.74) is 1.61. The van der Waals surface area contributed by atoms with E-state index in [9.17, 15) is 13.2 Å². The second kappa shape index (κ2) is 9.76. The van der Waals surface area contributed by atoms with Crippen LogP contribution in [0, 0.1) is 6.92 Å². The topological polar surface area (TPSA) is 84.9 Å². The van der Waals surface area contributed by atoms with E-state index in [-0.39, 0.29) is 29.9 Å². The minimum Gasteiger partial charge on any atom is -0.497 e. The molecule has 0 saturated heterocycles. The Labute approximate surface area is 172 Å². The molecule has 8 heteroatoms. The molecule has 158 valence electrons. The maximum absolute atomic E-state index is 13.0. The quantitative estimate of drug-likeness (QED) is 0.674. The van der Waals surface area contributed by atoms with Crippen LogP contribution in [0.15, 0.2) is 47.4 Å². The van der Waals surface area contributed by atoms with Gasteiger partial charge in [0.1, 0.15) is 11.5 Å². The van der Waals surface area contributed by atoms with E-state index in [0.717, 1.165) is 15.6 Å². The highest BCUT2D eigenvalue weighted by atomic mass is 32.2. The van der Waals surface area contributed by atoms with Crippen LogP contribution in [0.25, 0.3) is 0 Å². The van der Waals surface area contributed by atoms with Crippen LogP contribution < -0.4 is 14.8 Å². The number of carbonyl (C=O) groups is 1. The van der Waals surface area contributed by atoms with Crippen LogP contribution in [0.3, 0.4) is 0 Å². The average molecular weight is 421 g/mol. The first-order chi connectivity index (χ1) is 13.7. The van der Waals surface area contributed by atoms with Gasteiger partial charge in [-0.3, -0.25) is 4.79 Å². The number of rotatable bonds is 9. The summed E-state index contributed by atoms with van der Waals surface area (Å²) >= 11 is 0. The predicted octanol–water partition coefficient (Wildman–Crippen LogP) is 2.90. The fourth-order valence-corrected chi connectivity index (χ4v) is 4.44. The van der Waals surface area contributed by atoms with Crippen molar-refractivity contribution in [2.24, 2.45) is 0 Å². The summed E-state index contributed by atoms with van der Waals surface area (Å²) in [6.45, 7) is 5.24. The molecule has 2 aromatic carbocycles. The van der Waals surface area contributed by atoms with Crippen LogP contribution in [0.1, 0.15) is 31.0 Å². The molecule has 1 amide bonds. The van der Waals surface area contributed by atoms with Gasteiger partial charge in [-0.15, -0.1) is 0 Å². The number of hydrogen-bond acceptors (Lipinski definition) is 5. The Morgan fingerprint density at radius 2 is 1.76 bits per heavy atom. The molecule has 0 heterocycles. The van der Waals surface area contributed by atoms with E-state index in [4.69, 9.17) is 9.47 Å². The number of amides is 1. The van der Waals surface area contributed by atoms with Crippen molar-refractivity contribution >= 4 is 15.9 Å². The maximum Gasteiger partial charge on any atom is 0.243 e. The number of hydrogen-bond donors (Lipinski definition) is 1. The van der Waals surface area contributed by atoms with Gasteiger partial charge in [0, 0.05) is 6.54 Å². The smallest absolute Gasteiger partial charge is 0.243 e. The zero-order valence-electron chi connectivity index (χ0n) is 17.4. The van der Waals surface area contributed by atoms with Crippen molar-refractivity contribution < 1.29 is 22.7 Å². The fourth-order valence-electron chi connectivity index (χ4n) is 2.95. The number of sulfonamides is 1. The first-order valence-electron chi connectivity index (χ1n) is 9.31. The first-order valence-corrected chi connectivity index (χ1v) is 10.7. The molecular weight excluding hydrogens is 392 g/mol. The summed E-state index contributed by atoms with van der Waals surface area (Å²) in [5, 5.41) is 2.85. The van der Waals surface area contributed by atoms with Crippen molar-refractivity contribution in [3.05, 3.63) is 53.6 Å². The molecule has 1 N–H and O–H groups in total. The molecule has 0 fully saturated rings. The Kier molecular flexibility index (Phi) is 7.64. The third kappa shape index (κ3) is 5.48. The SMILES string of the molecule is CCN(CC(=O)N[C@@H](C)c1ccc(OC)cc1)S(=O)(=O)c1ccc(OC)c(C)c1. The van der Waals surface area contributed by atoms with Gasteiger partial charge >= 0.3 is 0 Å². The average Bonchev–Trinajstić information content (AvgIpc) is 2.71. The fraction of sp³-hybridized carbons (Fsp3) is 0.381. The van der Waals surface area contributed by atoms with Gasteiger partial charge in [0.15, 0.2) is 0 Å². The summed E-state index contributed by atoms with van der Waals surface area (Å²) in [6, 6.07) is 11.7. The zero-order valence-corrected chi connectivity index (χ0v) is 18.2. The van der Waals surface area contributed by atoms with Gasteiger partial charge in [0.05, 0.1) is 31.7 Å². The van der Waals surface area contributed by atoms with Gasteiger partial charge in [-0.1, -0.05) is 19.1 Å².